The van der Waals surface area contributed by atoms with Crippen LogP contribution in [-0.4, -0.2) is 26.8 Å². The standard InChI is InChI=1S/C17H18N2O4S/c1-3-18-16(20)13-8-10-14(11-9-13)24(22,23)19-17(21)15-7-5-4-6-12(15)2/h4-11H,3H2,1-2H3,(H,18,20)(H,19,21). The third kappa shape index (κ3) is 3.99. The molecular weight excluding hydrogens is 328 g/mol. The Kier molecular flexibility index (Phi) is 5.35. The molecule has 0 saturated carbocycles. The van der Waals surface area contributed by atoms with Gasteiger partial charge in [-0.25, -0.2) is 13.1 Å². The molecule has 2 rings (SSSR count). The van der Waals surface area contributed by atoms with E-state index in [0.717, 1.165) is 0 Å². The van der Waals surface area contributed by atoms with Crippen LogP contribution in [0.1, 0.15) is 33.2 Å². The van der Waals surface area contributed by atoms with Gasteiger partial charge in [0, 0.05) is 17.7 Å². The molecule has 0 unspecified atom stereocenters. The molecule has 2 amide bonds. The molecule has 0 aromatic heterocycles. The third-order valence-corrected chi connectivity index (χ3v) is 4.73. The Morgan fingerprint density at radius 1 is 0.958 bits per heavy atom. The smallest absolute Gasteiger partial charge is 0.265 e. The Morgan fingerprint density at radius 3 is 2.17 bits per heavy atom. The maximum absolute atomic E-state index is 12.3. The highest BCUT2D eigenvalue weighted by Crippen LogP contribution is 2.13. The lowest BCUT2D eigenvalue weighted by atomic mass is 10.1. The third-order valence-electron chi connectivity index (χ3n) is 3.38. The summed E-state index contributed by atoms with van der Waals surface area (Å²) in [6, 6.07) is 12.1. The summed E-state index contributed by atoms with van der Waals surface area (Å²) in [6.07, 6.45) is 0. The summed E-state index contributed by atoms with van der Waals surface area (Å²) < 4.78 is 26.6. The number of carbonyl (C=O) groups is 2. The van der Waals surface area contributed by atoms with Gasteiger partial charge in [0.1, 0.15) is 0 Å². The lowest BCUT2D eigenvalue weighted by Crippen LogP contribution is -2.31. The first-order chi connectivity index (χ1) is 11.3. The van der Waals surface area contributed by atoms with Crippen LogP contribution in [0.4, 0.5) is 0 Å². The minimum absolute atomic E-state index is 0.0857. The average molecular weight is 346 g/mol. The molecule has 2 aromatic rings. The number of aryl methyl sites for hydroxylation is 1. The van der Waals surface area contributed by atoms with E-state index in [1.807, 2.05) is 4.72 Å². The molecule has 0 aliphatic rings. The zero-order valence-electron chi connectivity index (χ0n) is 13.4. The number of hydrogen-bond donors (Lipinski definition) is 2. The number of rotatable bonds is 5. The van der Waals surface area contributed by atoms with Gasteiger partial charge in [0.15, 0.2) is 0 Å². The number of carbonyl (C=O) groups excluding carboxylic acids is 2. The molecule has 0 aliphatic carbocycles. The van der Waals surface area contributed by atoms with E-state index in [-0.39, 0.29) is 10.8 Å². The molecule has 2 N–H and O–H groups in total. The summed E-state index contributed by atoms with van der Waals surface area (Å²) in [5, 5.41) is 2.62. The first-order valence-corrected chi connectivity index (χ1v) is 8.84. The highest BCUT2D eigenvalue weighted by molar-refractivity contribution is 7.90. The van der Waals surface area contributed by atoms with Crippen LogP contribution in [0.3, 0.4) is 0 Å². The molecule has 126 valence electrons. The van der Waals surface area contributed by atoms with Crippen molar-refractivity contribution in [3.05, 3.63) is 65.2 Å². The van der Waals surface area contributed by atoms with Gasteiger partial charge in [-0.3, -0.25) is 9.59 Å². The number of nitrogens with one attached hydrogen (secondary N) is 2. The van der Waals surface area contributed by atoms with Gasteiger partial charge in [0.2, 0.25) is 0 Å². The average Bonchev–Trinajstić information content (AvgIpc) is 2.55. The van der Waals surface area contributed by atoms with Gasteiger partial charge in [0.05, 0.1) is 4.90 Å². The highest BCUT2D eigenvalue weighted by atomic mass is 32.2. The monoisotopic (exact) mass is 346 g/mol. The summed E-state index contributed by atoms with van der Waals surface area (Å²) in [7, 11) is -4.01. The minimum Gasteiger partial charge on any atom is -0.352 e. The summed E-state index contributed by atoms with van der Waals surface area (Å²) in [6.45, 7) is 3.99. The second-order valence-electron chi connectivity index (χ2n) is 5.13. The molecular formula is C17H18N2O4S. The van der Waals surface area contributed by atoms with Crippen LogP contribution in [0.15, 0.2) is 53.4 Å². The molecule has 0 saturated heterocycles. The molecule has 0 radical (unpaired) electrons. The number of benzene rings is 2. The Balaban J connectivity index is 2.20. The molecule has 0 fully saturated rings. The van der Waals surface area contributed by atoms with Gasteiger partial charge >= 0.3 is 0 Å². The maximum atomic E-state index is 12.3. The summed E-state index contributed by atoms with van der Waals surface area (Å²) >= 11 is 0. The van der Waals surface area contributed by atoms with E-state index in [9.17, 15) is 18.0 Å². The zero-order chi connectivity index (χ0) is 17.7. The predicted octanol–water partition coefficient (Wildman–Crippen LogP) is 1.86. The van der Waals surface area contributed by atoms with E-state index in [0.29, 0.717) is 23.2 Å². The van der Waals surface area contributed by atoms with Gasteiger partial charge in [0.25, 0.3) is 21.8 Å². The van der Waals surface area contributed by atoms with Gasteiger partial charge in [-0.05, 0) is 49.7 Å². The normalized spacial score (nSPS) is 10.9. The zero-order valence-corrected chi connectivity index (χ0v) is 14.2. The Morgan fingerprint density at radius 2 is 1.58 bits per heavy atom. The Hall–Kier alpha value is -2.67. The predicted molar refractivity (Wildman–Crippen MR) is 90.3 cm³/mol. The Bertz CT molecular complexity index is 858. The SMILES string of the molecule is CCNC(=O)c1ccc(S(=O)(=O)NC(=O)c2ccccc2C)cc1. The fourth-order valence-corrected chi connectivity index (χ4v) is 3.08. The quantitative estimate of drug-likeness (QED) is 0.864. The van der Waals surface area contributed by atoms with Gasteiger partial charge in [-0.1, -0.05) is 18.2 Å². The van der Waals surface area contributed by atoms with E-state index in [2.05, 4.69) is 5.32 Å². The summed E-state index contributed by atoms with van der Waals surface area (Å²) in [4.78, 5) is 23.8. The van der Waals surface area contributed by atoms with Crippen molar-refractivity contribution in [1.82, 2.24) is 10.0 Å². The van der Waals surface area contributed by atoms with E-state index >= 15 is 0 Å². The second kappa shape index (κ2) is 7.27. The molecule has 0 aliphatic heterocycles. The van der Waals surface area contributed by atoms with E-state index in [4.69, 9.17) is 0 Å². The fraction of sp³-hybridized carbons (Fsp3) is 0.176. The van der Waals surface area contributed by atoms with Crippen molar-refractivity contribution in [1.29, 1.82) is 0 Å². The first kappa shape index (κ1) is 17.7. The molecule has 24 heavy (non-hydrogen) atoms. The van der Waals surface area contributed by atoms with Crippen molar-refractivity contribution in [2.24, 2.45) is 0 Å². The molecule has 0 spiro atoms. The van der Waals surface area contributed by atoms with Crippen LogP contribution in [0.25, 0.3) is 0 Å². The van der Waals surface area contributed by atoms with Crippen LogP contribution >= 0.6 is 0 Å². The van der Waals surface area contributed by atoms with E-state index in [1.165, 1.54) is 24.3 Å². The minimum atomic E-state index is -4.01. The summed E-state index contributed by atoms with van der Waals surface area (Å²) in [5.41, 5.74) is 1.32. The van der Waals surface area contributed by atoms with Gasteiger partial charge < -0.3 is 5.32 Å². The van der Waals surface area contributed by atoms with Crippen molar-refractivity contribution in [2.75, 3.05) is 6.54 Å². The molecule has 6 nitrogen and oxygen atoms in total. The molecule has 7 heteroatoms. The molecule has 0 heterocycles. The maximum Gasteiger partial charge on any atom is 0.265 e. The number of amides is 2. The lowest BCUT2D eigenvalue weighted by molar-refractivity contribution is 0.0952. The Labute approximate surface area is 140 Å². The highest BCUT2D eigenvalue weighted by Gasteiger charge is 2.20. The number of sulfonamides is 1. The van der Waals surface area contributed by atoms with Gasteiger partial charge in [-0.15, -0.1) is 0 Å². The van der Waals surface area contributed by atoms with Crippen LogP contribution in [0.2, 0.25) is 0 Å². The lowest BCUT2D eigenvalue weighted by Gasteiger charge is -2.09. The van der Waals surface area contributed by atoms with Crippen molar-refractivity contribution >= 4 is 21.8 Å². The van der Waals surface area contributed by atoms with Crippen molar-refractivity contribution < 1.29 is 18.0 Å². The van der Waals surface area contributed by atoms with Crippen LogP contribution in [0.5, 0.6) is 0 Å². The topological polar surface area (TPSA) is 92.3 Å². The van der Waals surface area contributed by atoms with Crippen LogP contribution < -0.4 is 10.0 Å². The van der Waals surface area contributed by atoms with Crippen LogP contribution in [-0.2, 0) is 10.0 Å². The largest absolute Gasteiger partial charge is 0.352 e. The van der Waals surface area contributed by atoms with Crippen molar-refractivity contribution in [3.8, 4) is 0 Å². The molecule has 0 bridgehead atoms. The first-order valence-electron chi connectivity index (χ1n) is 7.36. The molecule has 0 atom stereocenters. The summed E-state index contributed by atoms with van der Waals surface area (Å²) in [5.74, 6) is -0.980. The fourth-order valence-electron chi connectivity index (χ4n) is 2.11. The molecule has 2 aromatic carbocycles. The van der Waals surface area contributed by atoms with Crippen LogP contribution in [0, 0.1) is 6.92 Å². The van der Waals surface area contributed by atoms with Crippen molar-refractivity contribution in [3.63, 3.8) is 0 Å². The van der Waals surface area contributed by atoms with Gasteiger partial charge in [-0.2, -0.15) is 0 Å². The van der Waals surface area contributed by atoms with Crippen molar-refractivity contribution in [2.45, 2.75) is 18.7 Å². The number of hydrogen-bond acceptors (Lipinski definition) is 4. The second-order valence-corrected chi connectivity index (χ2v) is 6.82. The van der Waals surface area contributed by atoms with E-state index in [1.54, 1.807) is 38.1 Å². The van der Waals surface area contributed by atoms with E-state index < -0.39 is 15.9 Å².